The van der Waals surface area contributed by atoms with E-state index in [1.165, 1.54) is 12.4 Å². The summed E-state index contributed by atoms with van der Waals surface area (Å²) in [6.45, 7) is 1.99. The number of nitriles is 1. The minimum atomic E-state index is 0.125. The summed E-state index contributed by atoms with van der Waals surface area (Å²) in [6, 6.07) is 8.04. The number of H-pyrrole nitrogens is 1. The van der Waals surface area contributed by atoms with Gasteiger partial charge in [-0.25, -0.2) is 9.97 Å². The van der Waals surface area contributed by atoms with E-state index in [0.29, 0.717) is 11.6 Å². The number of hydrogen-bond donors (Lipinski definition) is 3. The van der Waals surface area contributed by atoms with Crippen molar-refractivity contribution >= 4 is 11.6 Å². The Hall–Kier alpha value is -3.64. The van der Waals surface area contributed by atoms with Gasteiger partial charge in [0, 0.05) is 12.1 Å². The number of nitrogens with one attached hydrogen (secondary N) is 2. The van der Waals surface area contributed by atoms with Crippen LogP contribution in [-0.2, 0) is 0 Å². The van der Waals surface area contributed by atoms with Crippen molar-refractivity contribution in [1.82, 2.24) is 20.2 Å². The normalized spacial score (nSPS) is 18.3. The molecule has 2 heterocycles. The Kier molecular flexibility index (Phi) is 6.00. The molecule has 9 heteroatoms. The number of rotatable bonds is 6. The number of aromatic nitrogens is 4. The van der Waals surface area contributed by atoms with Crippen LogP contribution in [-0.4, -0.2) is 39.4 Å². The van der Waals surface area contributed by atoms with Gasteiger partial charge < -0.3 is 20.5 Å². The highest BCUT2D eigenvalue weighted by molar-refractivity contribution is 5.78. The number of aryl methyl sites for hydroxylation is 1. The Balaban J connectivity index is 1.61. The second kappa shape index (κ2) is 9.02. The van der Waals surface area contributed by atoms with Crippen molar-refractivity contribution in [1.29, 1.82) is 5.26 Å². The first-order valence-corrected chi connectivity index (χ1v) is 10.2. The number of benzene rings is 1. The van der Waals surface area contributed by atoms with Crippen LogP contribution in [0.3, 0.4) is 0 Å². The SMILES string of the molecule is COc1c(C)ccc(O[C@H]2CC[C@H](N)CC2)c1-c1cc(Nc2cnc(C#N)cn2)n[nH]1. The monoisotopic (exact) mass is 419 g/mol. The van der Waals surface area contributed by atoms with E-state index in [9.17, 15) is 0 Å². The van der Waals surface area contributed by atoms with Gasteiger partial charge in [-0.05, 0) is 44.2 Å². The average Bonchev–Trinajstić information content (AvgIpc) is 3.24. The number of nitrogens with two attached hydrogens (primary N) is 1. The van der Waals surface area contributed by atoms with Gasteiger partial charge in [0.1, 0.15) is 23.4 Å². The highest BCUT2D eigenvalue weighted by Gasteiger charge is 2.24. The minimum Gasteiger partial charge on any atom is -0.496 e. The fourth-order valence-electron chi connectivity index (χ4n) is 3.77. The Labute approximate surface area is 180 Å². The molecule has 0 aliphatic heterocycles. The highest BCUT2D eigenvalue weighted by atomic mass is 16.5. The van der Waals surface area contributed by atoms with E-state index in [2.05, 4.69) is 25.5 Å². The first-order chi connectivity index (χ1) is 15.1. The van der Waals surface area contributed by atoms with Gasteiger partial charge in [0.15, 0.2) is 11.5 Å². The van der Waals surface area contributed by atoms with Gasteiger partial charge in [0.25, 0.3) is 0 Å². The molecule has 31 heavy (non-hydrogen) atoms. The number of aromatic amines is 1. The fourth-order valence-corrected chi connectivity index (χ4v) is 3.77. The summed E-state index contributed by atoms with van der Waals surface area (Å²) >= 11 is 0. The van der Waals surface area contributed by atoms with Crippen molar-refractivity contribution in [2.45, 2.75) is 44.8 Å². The molecular formula is C22H25N7O2. The third-order valence-electron chi connectivity index (χ3n) is 5.40. The molecule has 160 valence electrons. The molecule has 0 radical (unpaired) electrons. The lowest BCUT2D eigenvalue weighted by Crippen LogP contribution is -2.31. The van der Waals surface area contributed by atoms with Crippen LogP contribution in [0.4, 0.5) is 11.6 Å². The molecule has 0 amide bonds. The predicted octanol–water partition coefficient (Wildman–Crippen LogP) is 3.45. The van der Waals surface area contributed by atoms with Crippen molar-refractivity contribution in [3.05, 3.63) is 41.9 Å². The second-order valence-electron chi connectivity index (χ2n) is 7.63. The van der Waals surface area contributed by atoms with Crippen molar-refractivity contribution < 1.29 is 9.47 Å². The Bertz CT molecular complexity index is 1080. The van der Waals surface area contributed by atoms with Crippen LogP contribution < -0.4 is 20.5 Å². The molecular weight excluding hydrogens is 394 g/mol. The van der Waals surface area contributed by atoms with E-state index in [0.717, 1.165) is 54.0 Å². The number of hydrogen-bond acceptors (Lipinski definition) is 8. The smallest absolute Gasteiger partial charge is 0.158 e. The largest absolute Gasteiger partial charge is 0.496 e. The van der Waals surface area contributed by atoms with E-state index in [1.54, 1.807) is 7.11 Å². The van der Waals surface area contributed by atoms with Gasteiger partial charge in [-0.3, -0.25) is 5.10 Å². The van der Waals surface area contributed by atoms with Crippen LogP contribution in [0.25, 0.3) is 11.3 Å². The van der Waals surface area contributed by atoms with Crippen LogP contribution in [0.2, 0.25) is 0 Å². The highest BCUT2D eigenvalue weighted by Crippen LogP contribution is 2.41. The summed E-state index contributed by atoms with van der Waals surface area (Å²) in [5.74, 6) is 2.53. The van der Waals surface area contributed by atoms with Crippen LogP contribution in [0.15, 0.2) is 30.6 Å². The van der Waals surface area contributed by atoms with Gasteiger partial charge in [-0.1, -0.05) is 6.07 Å². The Morgan fingerprint density at radius 3 is 2.65 bits per heavy atom. The molecule has 0 saturated heterocycles. The van der Waals surface area contributed by atoms with E-state index >= 15 is 0 Å². The third-order valence-corrected chi connectivity index (χ3v) is 5.40. The zero-order valence-electron chi connectivity index (χ0n) is 17.6. The molecule has 9 nitrogen and oxygen atoms in total. The molecule has 1 fully saturated rings. The molecule has 1 aliphatic carbocycles. The summed E-state index contributed by atoms with van der Waals surface area (Å²) < 4.78 is 12.1. The van der Waals surface area contributed by atoms with Crippen molar-refractivity contribution in [3.63, 3.8) is 0 Å². The molecule has 0 unspecified atom stereocenters. The maximum absolute atomic E-state index is 8.86. The quantitative estimate of drug-likeness (QED) is 0.553. The topological polar surface area (TPSA) is 135 Å². The third kappa shape index (κ3) is 4.59. The number of ether oxygens (including phenoxy) is 2. The molecule has 1 aromatic carbocycles. The fraction of sp³-hybridized carbons (Fsp3) is 0.364. The van der Waals surface area contributed by atoms with Crippen LogP contribution in [0, 0.1) is 18.3 Å². The lowest BCUT2D eigenvalue weighted by atomic mass is 9.93. The number of anilines is 2. The first kappa shape index (κ1) is 20.6. The predicted molar refractivity (Wildman–Crippen MR) is 116 cm³/mol. The first-order valence-electron chi connectivity index (χ1n) is 10.2. The summed E-state index contributed by atoms with van der Waals surface area (Å²) in [5, 5.41) is 19.3. The van der Waals surface area contributed by atoms with E-state index in [4.69, 9.17) is 20.5 Å². The standard InChI is InChI=1S/C22H25N7O2/c1-13-3-8-18(31-16-6-4-14(24)5-7-16)21(22(13)30-2)17-9-19(29-28-17)27-20-12-25-15(10-23)11-26-20/h3,8-9,11-12,14,16H,4-7,24H2,1-2H3,(H2,26,27,28,29)/t14-,16-. The number of nitrogens with zero attached hydrogens (tertiary/aromatic N) is 4. The van der Waals surface area contributed by atoms with Crippen LogP contribution >= 0.6 is 0 Å². The van der Waals surface area contributed by atoms with Gasteiger partial charge in [-0.15, -0.1) is 0 Å². The Morgan fingerprint density at radius 2 is 1.97 bits per heavy atom. The molecule has 0 bridgehead atoms. The molecule has 2 aromatic heterocycles. The molecule has 0 spiro atoms. The lowest BCUT2D eigenvalue weighted by molar-refractivity contribution is 0.147. The molecule has 1 saturated carbocycles. The molecule has 1 aliphatic rings. The van der Waals surface area contributed by atoms with Crippen LogP contribution in [0.1, 0.15) is 36.9 Å². The molecule has 0 atom stereocenters. The minimum absolute atomic E-state index is 0.125. The van der Waals surface area contributed by atoms with Crippen LogP contribution in [0.5, 0.6) is 11.5 Å². The summed E-state index contributed by atoms with van der Waals surface area (Å²) in [7, 11) is 1.65. The zero-order chi connectivity index (χ0) is 21.8. The average molecular weight is 419 g/mol. The lowest BCUT2D eigenvalue weighted by Gasteiger charge is -2.28. The number of methoxy groups -OCH3 is 1. The Morgan fingerprint density at radius 1 is 1.16 bits per heavy atom. The maximum atomic E-state index is 8.86. The van der Waals surface area contributed by atoms with E-state index in [1.807, 2.05) is 31.2 Å². The van der Waals surface area contributed by atoms with Crippen molar-refractivity contribution in [2.75, 3.05) is 12.4 Å². The zero-order valence-corrected chi connectivity index (χ0v) is 17.6. The summed E-state index contributed by atoms with van der Waals surface area (Å²) in [6.07, 6.45) is 6.82. The van der Waals surface area contributed by atoms with Gasteiger partial charge in [0.2, 0.25) is 0 Å². The van der Waals surface area contributed by atoms with E-state index in [-0.39, 0.29) is 17.8 Å². The maximum Gasteiger partial charge on any atom is 0.158 e. The van der Waals surface area contributed by atoms with E-state index < -0.39 is 0 Å². The second-order valence-corrected chi connectivity index (χ2v) is 7.63. The molecule has 4 N–H and O–H groups in total. The van der Waals surface area contributed by atoms with Gasteiger partial charge >= 0.3 is 0 Å². The molecule has 4 rings (SSSR count). The summed E-state index contributed by atoms with van der Waals surface area (Å²) in [5.41, 5.74) is 8.87. The van der Waals surface area contributed by atoms with Gasteiger partial charge in [-0.2, -0.15) is 10.4 Å². The van der Waals surface area contributed by atoms with Crippen molar-refractivity contribution in [3.8, 4) is 28.8 Å². The van der Waals surface area contributed by atoms with Crippen molar-refractivity contribution in [2.24, 2.45) is 5.73 Å². The molecule has 3 aromatic rings. The van der Waals surface area contributed by atoms with Gasteiger partial charge in [0.05, 0.1) is 36.9 Å². The summed E-state index contributed by atoms with van der Waals surface area (Å²) in [4.78, 5) is 8.17.